The minimum Gasteiger partial charge on any atom is -0.385 e. The van der Waals surface area contributed by atoms with Crippen LogP contribution >= 0.6 is 0 Å². The van der Waals surface area contributed by atoms with E-state index in [4.69, 9.17) is 4.74 Å². The van der Waals surface area contributed by atoms with Crippen LogP contribution in [0.15, 0.2) is 24.3 Å². The zero-order valence-electron chi connectivity index (χ0n) is 17.0. The highest BCUT2D eigenvalue weighted by Gasteiger charge is 2.24. The van der Waals surface area contributed by atoms with Crippen molar-refractivity contribution < 1.29 is 9.53 Å². The Labute approximate surface area is 164 Å². The Kier molecular flexibility index (Phi) is 8.15. The first-order valence-electron chi connectivity index (χ1n) is 10.9. The third kappa shape index (κ3) is 6.32. The van der Waals surface area contributed by atoms with Gasteiger partial charge >= 0.3 is 0 Å². The number of methoxy groups -OCH3 is 1. The van der Waals surface area contributed by atoms with Gasteiger partial charge in [-0.3, -0.25) is 9.69 Å². The van der Waals surface area contributed by atoms with Crippen LogP contribution in [0.2, 0.25) is 0 Å². The molecule has 2 saturated heterocycles. The van der Waals surface area contributed by atoms with Crippen molar-refractivity contribution in [3.8, 4) is 0 Å². The van der Waals surface area contributed by atoms with Crippen LogP contribution in [0.3, 0.4) is 0 Å². The summed E-state index contributed by atoms with van der Waals surface area (Å²) in [5.41, 5.74) is 2.14. The van der Waals surface area contributed by atoms with E-state index in [1.165, 1.54) is 50.8 Å². The Balaban J connectivity index is 1.57. The number of hydrogen-bond donors (Lipinski definition) is 0. The summed E-state index contributed by atoms with van der Waals surface area (Å²) in [6, 6.07) is 8.34. The zero-order chi connectivity index (χ0) is 18.9. The largest absolute Gasteiger partial charge is 0.385 e. The van der Waals surface area contributed by atoms with Crippen LogP contribution in [0.4, 0.5) is 0 Å². The summed E-state index contributed by atoms with van der Waals surface area (Å²) < 4.78 is 5.18. The third-order valence-electron chi connectivity index (χ3n) is 6.05. The third-order valence-corrected chi connectivity index (χ3v) is 6.05. The van der Waals surface area contributed by atoms with E-state index in [-0.39, 0.29) is 5.91 Å². The molecule has 1 unspecified atom stereocenters. The second-order valence-corrected chi connectivity index (χ2v) is 8.29. The van der Waals surface area contributed by atoms with Crippen LogP contribution in [0, 0.1) is 5.92 Å². The number of nitrogens with zero attached hydrogens (tertiary/aromatic N) is 2. The van der Waals surface area contributed by atoms with Gasteiger partial charge in [-0.05, 0) is 75.2 Å². The predicted molar refractivity (Wildman–Crippen MR) is 110 cm³/mol. The molecule has 0 aromatic heterocycles. The fraction of sp³-hybridized carbons (Fsp3) is 0.696. The van der Waals surface area contributed by atoms with E-state index >= 15 is 0 Å². The Morgan fingerprint density at radius 2 is 1.93 bits per heavy atom. The van der Waals surface area contributed by atoms with E-state index < -0.39 is 0 Å². The van der Waals surface area contributed by atoms with E-state index in [0.29, 0.717) is 5.92 Å². The van der Waals surface area contributed by atoms with E-state index in [1.54, 1.807) is 7.11 Å². The number of amides is 1. The van der Waals surface area contributed by atoms with Crippen LogP contribution in [0.1, 0.15) is 67.3 Å². The number of benzene rings is 1. The minimum absolute atomic E-state index is 0.212. The molecule has 2 aliphatic rings. The van der Waals surface area contributed by atoms with Gasteiger partial charge < -0.3 is 9.64 Å². The number of likely N-dealkylation sites (tertiary alicyclic amines) is 2. The highest BCUT2D eigenvalue weighted by atomic mass is 16.5. The van der Waals surface area contributed by atoms with E-state index in [9.17, 15) is 4.79 Å². The molecule has 1 atom stereocenters. The van der Waals surface area contributed by atoms with Crippen LogP contribution in [-0.4, -0.2) is 55.6 Å². The molecule has 1 amide bonds. The molecule has 3 rings (SSSR count). The van der Waals surface area contributed by atoms with Crippen LogP contribution in [-0.2, 0) is 11.3 Å². The Hall–Kier alpha value is -1.39. The van der Waals surface area contributed by atoms with Crippen molar-refractivity contribution in [2.24, 2.45) is 5.92 Å². The lowest BCUT2D eigenvalue weighted by Gasteiger charge is -2.33. The lowest BCUT2D eigenvalue weighted by Crippen LogP contribution is -2.40. The highest BCUT2D eigenvalue weighted by molar-refractivity contribution is 5.94. The molecule has 4 nitrogen and oxygen atoms in total. The average Bonchev–Trinajstić information content (AvgIpc) is 2.97. The Morgan fingerprint density at radius 3 is 2.70 bits per heavy atom. The van der Waals surface area contributed by atoms with Gasteiger partial charge in [0.1, 0.15) is 0 Å². The quantitative estimate of drug-likeness (QED) is 0.668. The van der Waals surface area contributed by atoms with Crippen molar-refractivity contribution in [1.82, 2.24) is 9.80 Å². The molecule has 0 aliphatic carbocycles. The van der Waals surface area contributed by atoms with Gasteiger partial charge in [-0.25, -0.2) is 0 Å². The van der Waals surface area contributed by atoms with Gasteiger partial charge in [0.25, 0.3) is 5.91 Å². The molecule has 1 aromatic carbocycles. The number of piperidine rings is 1. The predicted octanol–water partition coefficient (Wildman–Crippen LogP) is 4.34. The smallest absolute Gasteiger partial charge is 0.253 e. The van der Waals surface area contributed by atoms with E-state index in [0.717, 1.165) is 51.1 Å². The Bertz CT molecular complexity index is 581. The maximum atomic E-state index is 13.1. The molecule has 2 aliphatic heterocycles. The summed E-state index contributed by atoms with van der Waals surface area (Å²) in [7, 11) is 1.76. The van der Waals surface area contributed by atoms with Crippen molar-refractivity contribution >= 4 is 5.91 Å². The second kappa shape index (κ2) is 10.8. The zero-order valence-corrected chi connectivity index (χ0v) is 17.0. The van der Waals surface area contributed by atoms with Gasteiger partial charge in [-0.1, -0.05) is 25.0 Å². The van der Waals surface area contributed by atoms with Gasteiger partial charge in [0, 0.05) is 38.9 Å². The molecular formula is C23H36N2O2. The molecule has 4 heteroatoms. The van der Waals surface area contributed by atoms with Gasteiger partial charge in [0.05, 0.1) is 0 Å². The molecule has 2 heterocycles. The first-order chi connectivity index (χ1) is 13.3. The number of hydrogen-bond acceptors (Lipinski definition) is 3. The molecule has 150 valence electrons. The molecular weight excluding hydrogens is 336 g/mol. The Morgan fingerprint density at radius 1 is 1.11 bits per heavy atom. The maximum Gasteiger partial charge on any atom is 0.253 e. The first-order valence-corrected chi connectivity index (χ1v) is 10.9. The van der Waals surface area contributed by atoms with Gasteiger partial charge in [-0.15, -0.1) is 0 Å². The molecule has 1 aromatic rings. The summed E-state index contributed by atoms with van der Waals surface area (Å²) in [5.74, 6) is 0.835. The van der Waals surface area contributed by atoms with Crippen molar-refractivity contribution in [2.45, 2.75) is 57.9 Å². The van der Waals surface area contributed by atoms with Crippen molar-refractivity contribution in [2.75, 3.05) is 39.9 Å². The lowest BCUT2D eigenvalue weighted by molar-refractivity contribution is 0.0660. The average molecular weight is 373 g/mol. The van der Waals surface area contributed by atoms with Crippen LogP contribution < -0.4 is 0 Å². The number of carbonyl (C=O) groups is 1. The summed E-state index contributed by atoms with van der Waals surface area (Å²) in [4.78, 5) is 17.7. The van der Waals surface area contributed by atoms with Gasteiger partial charge in [-0.2, -0.15) is 0 Å². The minimum atomic E-state index is 0.212. The van der Waals surface area contributed by atoms with E-state index in [1.807, 2.05) is 6.07 Å². The standard InChI is InChI=1S/C23H36N2O2/c1-27-16-8-11-20-10-7-15-25(19-20)23(26)22-12-6-9-21(17-22)18-24-13-4-2-3-5-14-24/h6,9,12,17,20H,2-5,7-8,10-11,13-16,18-19H2,1H3. The highest BCUT2D eigenvalue weighted by Crippen LogP contribution is 2.23. The van der Waals surface area contributed by atoms with Gasteiger partial charge in [0.2, 0.25) is 0 Å². The molecule has 0 bridgehead atoms. The summed E-state index contributed by atoms with van der Waals surface area (Å²) in [5, 5.41) is 0. The number of ether oxygens (including phenoxy) is 1. The molecule has 0 radical (unpaired) electrons. The SMILES string of the molecule is COCCCC1CCCN(C(=O)c2cccc(CN3CCCCCC3)c2)C1. The van der Waals surface area contributed by atoms with Gasteiger partial charge in [0.15, 0.2) is 0 Å². The normalized spacial score (nSPS) is 21.8. The molecule has 0 N–H and O–H groups in total. The molecule has 0 spiro atoms. The number of carbonyl (C=O) groups excluding carboxylic acids is 1. The first kappa shape index (κ1) is 20.3. The van der Waals surface area contributed by atoms with Crippen molar-refractivity contribution in [3.63, 3.8) is 0 Å². The lowest BCUT2D eigenvalue weighted by atomic mass is 9.93. The van der Waals surface area contributed by atoms with Crippen molar-refractivity contribution in [1.29, 1.82) is 0 Å². The summed E-state index contributed by atoms with van der Waals surface area (Å²) in [6.45, 7) is 5.97. The molecule has 27 heavy (non-hydrogen) atoms. The summed E-state index contributed by atoms with van der Waals surface area (Å²) in [6.07, 6.45) is 9.93. The van der Waals surface area contributed by atoms with Crippen molar-refractivity contribution in [3.05, 3.63) is 35.4 Å². The molecule has 0 saturated carbocycles. The van der Waals surface area contributed by atoms with Crippen LogP contribution in [0.5, 0.6) is 0 Å². The van der Waals surface area contributed by atoms with Crippen LogP contribution in [0.25, 0.3) is 0 Å². The maximum absolute atomic E-state index is 13.1. The fourth-order valence-electron chi connectivity index (χ4n) is 4.54. The summed E-state index contributed by atoms with van der Waals surface area (Å²) >= 11 is 0. The monoisotopic (exact) mass is 372 g/mol. The topological polar surface area (TPSA) is 32.8 Å². The fourth-order valence-corrected chi connectivity index (χ4v) is 4.54. The van der Waals surface area contributed by atoms with E-state index in [2.05, 4.69) is 28.0 Å². The molecule has 2 fully saturated rings. The second-order valence-electron chi connectivity index (χ2n) is 8.29. The number of rotatable bonds is 7.